The van der Waals surface area contributed by atoms with Gasteiger partial charge in [0.25, 0.3) is 5.91 Å². The Morgan fingerprint density at radius 2 is 1.92 bits per heavy atom. The lowest BCUT2D eigenvalue weighted by Gasteiger charge is -2.16. The molecule has 2 amide bonds. The normalized spacial score (nSPS) is 15.5. The Morgan fingerprint density at radius 1 is 1.23 bits per heavy atom. The number of carbonyl (C=O) groups excluding carboxylic acids is 2. The first-order valence-electron chi connectivity index (χ1n) is 7.47. The zero-order valence-corrected chi connectivity index (χ0v) is 16.8. The van der Waals surface area contributed by atoms with Gasteiger partial charge < -0.3 is 4.74 Å². The van der Waals surface area contributed by atoms with Crippen LogP contribution in [-0.2, 0) is 0 Å². The molecule has 8 heteroatoms. The number of nitrogens with zero attached hydrogens (tertiary/aromatic N) is 1. The summed E-state index contributed by atoms with van der Waals surface area (Å²) in [6.07, 6.45) is 1.81. The summed E-state index contributed by atoms with van der Waals surface area (Å²) in [4.78, 5) is 25.6. The molecule has 1 N–H and O–H groups in total. The van der Waals surface area contributed by atoms with Gasteiger partial charge in [-0.1, -0.05) is 52.4 Å². The lowest BCUT2D eigenvalue weighted by atomic mass is 10.2. The monoisotopic (exact) mass is 448 g/mol. The van der Waals surface area contributed by atoms with Crippen molar-refractivity contribution < 1.29 is 14.3 Å². The fourth-order valence-electron chi connectivity index (χ4n) is 2.27. The maximum atomic E-state index is 12.5. The molecule has 0 aromatic heterocycles. The molecule has 0 radical (unpaired) electrons. The summed E-state index contributed by atoms with van der Waals surface area (Å²) >= 11 is 9.71. The van der Waals surface area contributed by atoms with E-state index < -0.39 is 5.91 Å². The maximum Gasteiger partial charge on any atom is 0.310 e. The van der Waals surface area contributed by atoms with Crippen molar-refractivity contribution in [2.24, 2.45) is 0 Å². The van der Waals surface area contributed by atoms with E-state index in [0.29, 0.717) is 16.2 Å². The molecule has 0 saturated carbocycles. The van der Waals surface area contributed by atoms with Crippen molar-refractivity contribution in [3.05, 3.63) is 69.0 Å². The molecular weight excluding hydrogens is 436 g/mol. The Morgan fingerprint density at radius 3 is 2.62 bits per heavy atom. The first-order chi connectivity index (χ1) is 12.5. The summed E-state index contributed by atoms with van der Waals surface area (Å²) in [6, 6.07) is 14.4. The molecule has 26 heavy (non-hydrogen) atoms. The molecular formula is C18H13BrN2O3S2. The van der Waals surface area contributed by atoms with Gasteiger partial charge in [0, 0.05) is 4.47 Å². The largest absolute Gasteiger partial charge is 0.496 e. The number of hydrogen-bond acceptors (Lipinski definition) is 5. The number of rotatable bonds is 4. The SMILES string of the molecule is COc1ccccc1C(=O)NN1C(=O)S/C(=C/c2ccc(Br)cc2)C1=S. The van der Waals surface area contributed by atoms with E-state index in [4.69, 9.17) is 17.0 Å². The first kappa shape index (κ1) is 18.6. The smallest absolute Gasteiger partial charge is 0.310 e. The van der Waals surface area contributed by atoms with E-state index >= 15 is 0 Å². The van der Waals surface area contributed by atoms with Gasteiger partial charge >= 0.3 is 5.24 Å². The predicted octanol–water partition coefficient (Wildman–Crippen LogP) is 4.64. The molecule has 132 valence electrons. The van der Waals surface area contributed by atoms with Gasteiger partial charge in [0.05, 0.1) is 17.6 Å². The molecule has 0 atom stereocenters. The second kappa shape index (κ2) is 8.03. The highest BCUT2D eigenvalue weighted by Crippen LogP contribution is 2.32. The highest BCUT2D eigenvalue weighted by Gasteiger charge is 2.33. The summed E-state index contributed by atoms with van der Waals surface area (Å²) in [5, 5.41) is 0.723. The summed E-state index contributed by atoms with van der Waals surface area (Å²) in [5.74, 6) is -0.0514. The fraction of sp³-hybridized carbons (Fsp3) is 0.0556. The predicted molar refractivity (Wildman–Crippen MR) is 110 cm³/mol. The third kappa shape index (κ3) is 3.98. The van der Waals surface area contributed by atoms with Crippen molar-refractivity contribution in [1.29, 1.82) is 0 Å². The number of thiocarbonyl (C=S) groups is 1. The second-order valence-electron chi connectivity index (χ2n) is 5.21. The molecule has 1 aliphatic rings. The van der Waals surface area contributed by atoms with Gasteiger partial charge in [-0.05, 0) is 47.7 Å². The Bertz CT molecular complexity index is 913. The van der Waals surface area contributed by atoms with E-state index in [1.54, 1.807) is 24.3 Å². The molecule has 1 fully saturated rings. The molecule has 3 rings (SSSR count). The Kier molecular flexibility index (Phi) is 5.75. The van der Waals surface area contributed by atoms with E-state index in [-0.39, 0.29) is 10.2 Å². The molecule has 1 saturated heterocycles. The van der Waals surface area contributed by atoms with Gasteiger partial charge in [0.2, 0.25) is 0 Å². The average molecular weight is 449 g/mol. The fourth-order valence-corrected chi connectivity index (χ4v) is 3.69. The molecule has 0 aliphatic carbocycles. The van der Waals surface area contributed by atoms with Crippen LogP contribution in [0.5, 0.6) is 5.75 Å². The summed E-state index contributed by atoms with van der Waals surface area (Å²) in [6.45, 7) is 0. The van der Waals surface area contributed by atoms with E-state index in [9.17, 15) is 9.59 Å². The molecule has 5 nitrogen and oxygen atoms in total. The minimum atomic E-state index is -0.469. The average Bonchev–Trinajstić information content (AvgIpc) is 2.91. The highest BCUT2D eigenvalue weighted by molar-refractivity contribution is 9.10. The van der Waals surface area contributed by atoms with Crippen molar-refractivity contribution in [1.82, 2.24) is 10.4 Å². The van der Waals surface area contributed by atoms with Crippen molar-refractivity contribution in [3.8, 4) is 5.75 Å². The van der Waals surface area contributed by atoms with E-state index in [0.717, 1.165) is 26.8 Å². The molecule has 0 bridgehead atoms. The van der Waals surface area contributed by atoms with E-state index in [1.807, 2.05) is 30.3 Å². The van der Waals surface area contributed by atoms with Crippen molar-refractivity contribution in [2.45, 2.75) is 0 Å². The zero-order chi connectivity index (χ0) is 18.7. The topological polar surface area (TPSA) is 58.6 Å². The van der Waals surface area contributed by atoms with Crippen LogP contribution in [0.15, 0.2) is 57.9 Å². The van der Waals surface area contributed by atoms with Crippen LogP contribution in [0.3, 0.4) is 0 Å². The number of halogens is 1. The number of amides is 2. The lowest BCUT2D eigenvalue weighted by molar-refractivity contribution is 0.0893. The Hall–Kier alpha value is -2.16. The molecule has 0 unspecified atom stereocenters. The molecule has 0 spiro atoms. The van der Waals surface area contributed by atoms with Crippen LogP contribution < -0.4 is 10.2 Å². The van der Waals surface area contributed by atoms with Gasteiger partial charge in [-0.3, -0.25) is 15.0 Å². The molecule has 2 aromatic carbocycles. The van der Waals surface area contributed by atoms with Gasteiger partial charge in [-0.25, -0.2) is 0 Å². The van der Waals surface area contributed by atoms with Gasteiger partial charge in [-0.2, -0.15) is 5.01 Å². The number of para-hydroxylation sites is 1. The van der Waals surface area contributed by atoms with E-state index in [2.05, 4.69) is 21.4 Å². The van der Waals surface area contributed by atoms with Crippen LogP contribution in [-0.4, -0.2) is 28.3 Å². The Labute approximate surface area is 168 Å². The van der Waals surface area contributed by atoms with Crippen molar-refractivity contribution >= 4 is 62.1 Å². The number of ether oxygens (including phenoxy) is 1. The van der Waals surface area contributed by atoms with Crippen LogP contribution in [0.1, 0.15) is 15.9 Å². The minimum absolute atomic E-state index is 0.256. The number of benzene rings is 2. The number of hydrogen-bond donors (Lipinski definition) is 1. The Balaban J connectivity index is 1.79. The van der Waals surface area contributed by atoms with Crippen molar-refractivity contribution in [3.63, 3.8) is 0 Å². The van der Waals surface area contributed by atoms with Gasteiger partial charge in [0.1, 0.15) is 10.7 Å². The first-order valence-corrected chi connectivity index (χ1v) is 9.49. The van der Waals surface area contributed by atoms with Crippen LogP contribution in [0.2, 0.25) is 0 Å². The quantitative estimate of drug-likeness (QED) is 0.545. The summed E-state index contributed by atoms with van der Waals surface area (Å²) in [5.41, 5.74) is 3.78. The van der Waals surface area contributed by atoms with Gasteiger partial charge in [-0.15, -0.1) is 0 Å². The standard InChI is InChI=1S/C18H13BrN2O3S2/c1-24-14-5-3-2-4-13(14)16(22)20-21-17(25)15(26-18(21)23)10-11-6-8-12(19)9-7-11/h2-10H,1H3,(H,20,22)/b15-10+. The van der Waals surface area contributed by atoms with Crippen LogP contribution in [0.4, 0.5) is 4.79 Å². The number of hydrazine groups is 1. The third-order valence-corrected chi connectivity index (χ3v) is 5.48. The van der Waals surface area contributed by atoms with E-state index in [1.165, 1.54) is 7.11 Å². The second-order valence-corrected chi connectivity index (χ2v) is 7.51. The maximum absolute atomic E-state index is 12.5. The van der Waals surface area contributed by atoms with Crippen molar-refractivity contribution in [2.75, 3.05) is 7.11 Å². The number of nitrogens with one attached hydrogen (secondary N) is 1. The number of carbonyl (C=O) groups is 2. The minimum Gasteiger partial charge on any atom is -0.496 e. The highest BCUT2D eigenvalue weighted by atomic mass is 79.9. The lowest BCUT2D eigenvalue weighted by Crippen LogP contribution is -2.44. The number of thioether (sulfide) groups is 1. The molecule has 1 aliphatic heterocycles. The molecule has 1 heterocycles. The summed E-state index contributed by atoms with van der Waals surface area (Å²) < 4.78 is 6.14. The van der Waals surface area contributed by atoms with Crippen LogP contribution >= 0.6 is 39.9 Å². The number of methoxy groups -OCH3 is 1. The van der Waals surface area contributed by atoms with Gasteiger partial charge in [0.15, 0.2) is 0 Å². The third-order valence-electron chi connectivity index (χ3n) is 3.53. The van der Waals surface area contributed by atoms with Crippen LogP contribution in [0, 0.1) is 0 Å². The van der Waals surface area contributed by atoms with Crippen LogP contribution in [0.25, 0.3) is 6.08 Å². The summed E-state index contributed by atoms with van der Waals surface area (Å²) in [7, 11) is 1.48. The molecule has 2 aromatic rings. The zero-order valence-electron chi connectivity index (χ0n) is 13.6.